The number of β-lactam (4-membered cyclic amide) rings is 1. The molecule has 4 heterocycles. The van der Waals surface area contributed by atoms with Crippen LogP contribution in [-0.4, -0.2) is 68.7 Å². The summed E-state index contributed by atoms with van der Waals surface area (Å²) in [5, 5.41) is 17.1. The molecule has 1 aromatic heterocycles. The van der Waals surface area contributed by atoms with Gasteiger partial charge in [0, 0.05) is 16.7 Å². The number of thioether (sulfide) groups is 1. The number of nitrogens with zero attached hydrogens (tertiary/aromatic N) is 3. The molecule has 33 heavy (non-hydrogen) atoms. The number of hydrogen-bond donors (Lipinski definition) is 3. The Morgan fingerprint density at radius 3 is 2.79 bits per heavy atom. The number of nitrogens with two attached hydrogens (primary N) is 1. The van der Waals surface area contributed by atoms with E-state index in [1.165, 1.54) is 36.4 Å². The minimum Gasteiger partial charge on any atom is -0.477 e. The molecular formula is C19H17N5O7S2. The van der Waals surface area contributed by atoms with Gasteiger partial charge in [-0.3, -0.25) is 14.5 Å². The van der Waals surface area contributed by atoms with Crippen LogP contribution in [0, 0.1) is 0 Å². The summed E-state index contributed by atoms with van der Waals surface area (Å²) in [6.45, 7) is 1.58. The van der Waals surface area contributed by atoms with Crippen molar-refractivity contribution >= 4 is 57.7 Å². The van der Waals surface area contributed by atoms with Crippen LogP contribution in [0.2, 0.25) is 0 Å². The number of nitrogen functional groups attached to an aromatic ring is 1. The standard InChI is InChI=1S/C19H17N5O7S2/c1-7-3-9(31-18(7)29)4-8-5-32-16-12(15(26)24(16)13(8)17(27)28)22-14(25)11(23-30-2)10-6-33-19(20)21-10/h3-4,6,12,16H,5H2,1-2H3,(H2,20,21)(H,22,25)(H,27,28)/t12-,16+/m1/s1. The molecule has 0 saturated carbocycles. The first kappa shape index (κ1) is 22.5. The van der Waals surface area contributed by atoms with Crippen LogP contribution < -0.4 is 11.1 Å². The Bertz CT molecular complexity index is 1200. The maximum Gasteiger partial charge on any atom is 0.352 e. The number of aliphatic carboxylic acids is 1. The van der Waals surface area contributed by atoms with Crippen LogP contribution in [0.5, 0.6) is 0 Å². The molecule has 0 bridgehead atoms. The van der Waals surface area contributed by atoms with Crippen LogP contribution >= 0.6 is 23.1 Å². The van der Waals surface area contributed by atoms with Gasteiger partial charge in [-0.25, -0.2) is 14.6 Å². The van der Waals surface area contributed by atoms with Crippen molar-refractivity contribution in [2.75, 3.05) is 18.6 Å². The van der Waals surface area contributed by atoms with Crippen LogP contribution in [0.25, 0.3) is 0 Å². The molecule has 1 fully saturated rings. The summed E-state index contributed by atoms with van der Waals surface area (Å²) in [5.41, 5.74) is 6.11. The van der Waals surface area contributed by atoms with Gasteiger partial charge in [0.05, 0.1) is 0 Å². The molecule has 3 aliphatic rings. The van der Waals surface area contributed by atoms with E-state index in [0.29, 0.717) is 11.1 Å². The Morgan fingerprint density at radius 2 is 2.21 bits per heavy atom. The van der Waals surface area contributed by atoms with Gasteiger partial charge in [-0.2, -0.15) is 0 Å². The van der Waals surface area contributed by atoms with Gasteiger partial charge in [0.25, 0.3) is 11.8 Å². The second-order valence-corrected chi connectivity index (χ2v) is 8.99. The van der Waals surface area contributed by atoms with Gasteiger partial charge in [-0.05, 0) is 24.6 Å². The first-order chi connectivity index (χ1) is 15.7. The fraction of sp³-hybridized carbons (Fsp3) is 0.263. The molecule has 0 unspecified atom stereocenters. The molecule has 3 aliphatic heterocycles. The molecule has 0 spiro atoms. The van der Waals surface area contributed by atoms with Crippen molar-refractivity contribution in [2.24, 2.45) is 5.16 Å². The third-order valence-corrected chi connectivity index (χ3v) is 6.83. The van der Waals surface area contributed by atoms with Gasteiger partial charge >= 0.3 is 11.9 Å². The molecule has 0 aromatic carbocycles. The van der Waals surface area contributed by atoms with E-state index in [1.54, 1.807) is 6.92 Å². The second-order valence-electron chi connectivity index (χ2n) is 7.00. The normalized spacial score (nSPS) is 23.7. The van der Waals surface area contributed by atoms with Gasteiger partial charge in [0.1, 0.15) is 35.7 Å². The molecule has 0 aliphatic carbocycles. The lowest BCUT2D eigenvalue weighted by Gasteiger charge is -2.49. The number of ether oxygens (including phenoxy) is 1. The van der Waals surface area contributed by atoms with Gasteiger partial charge in [-0.1, -0.05) is 5.16 Å². The number of carbonyl (C=O) groups excluding carboxylic acids is 3. The third kappa shape index (κ3) is 4.09. The van der Waals surface area contributed by atoms with Crippen molar-refractivity contribution in [3.8, 4) is 0 Å². The van der Waals surface area contributed by atoms with E-state index in [9.17, 15) is 24.3 Å². The van der Waals surface area contributed by atoms with Crippen LogP contribution in [0.15, 0.2) is 45.3 Å². The van der Waals surface area contributed by atoms with E-state index in [2.05, 4.69) is 15.5 Å². The first-order valence-corrected chi connectivity index (χ1v) is 11.3. The van der Waals surface area contributed by atoms with E-state index in [4.69, 9.17) is 15.3 Å². The van der Waals surface area contributed by atoms with E-state index in [0.717, 1.165) is 16.2 Å². The zero-order valence-electron chi connectivity index (χ0n) is 17.2. The minimum absolute atomic E-state index is 0.165. The summed E-state index contributed by atoms with van der Waals surface area (Å²) in [6, 6.07) is -0.976. The maximum atomic E-state index is 12.8. The average Bonchev–Trinajstić information content (AvgIpc) is 3.33. The van der Waals surface area contributed by atoms with Crippen molar-refractivity contribution in [1.82, 2.24) is 15.2 Å². The van der Waals surface area contributed by atoms with Crippen molar-refractivity contribution in [2.45, 2.75) is 18.3 Å². The number of carboxylic acid groups (broad SMARTS) is 1. The lowest BCUT2D eigenvalue weighted by Crippen LogP contribution is -2.71. The first-order valence-electron chi connectivity index (χ1n) is 9.38. The number of hydrogen-bond acceptors (Lipinski definition) is 11. The Morgan fingerprint density at radius 1 is 1.45 bits per heavy atom. The van der Waals surface area contributed by atoms with Crippen LogP contribution in [0.1, 0.15) is 12.6 Å². The molecule has 14 heteroatoms. The number of allylic oxidation sites excluding steroid dienone is 2. The Balaban J connectivity index is 1.55. The number of cyclic esters (lactones) is 1. The lowest BCUT2D eigenvalue weighted by molar-refractivity contribution is -0.150. The van der Waals surface area contributed by atoms with Gasteiger partial charge in [0.15, 0.2) is 10.8 Å². The smallest absolute Gasteiger partial charge is 0.352 e. The number of carbonyl (C=O) groups is 4. The number of aromatic nitrogens is 1. The Labute approximate surface area is 194 Å². The number of esters is 1. The van der Waals surface area contributed by atoms with E-state index < -0.39 is 35.2 Å². The molecule has 2 atom stereocenters. The highest BCUT2D eigenvalue weighted by molar-refractivity contribution is 8.00. The molecule has 4 rings (SSSR count). The van der Waals surface area contributed by atoms with Crippen LogP contribution in [0.4, 0.5) is 5.13 Å². The van der Waals surface area contributed by atoms with Gasteiger partial charge in [0.2, 0.25) is 0 Å². The number of rotatable bonds is 6. The summed E-state index contributed by atoms with van der Waals surface area (Å²) in [7, 11) is 1.26. The number of anilines is 1. The largest absolute Gasteiger partial charge is 0.477 e. The predicted octanol–water partition coefficient (Wildman–Crippen LogP) is 0.201. The monoisotopic (exact) mass is 491 g/mol. The summed E-state index contributed by atoms with van der Waals surface area (Å²) < 4.78 is 5.07. The molecular weight excluding hydrogens is 474 g/mol. The molecule has 12 nitrogen and oxygen atoms in total. The average molecular weight is 492 g/mol. The molecule has 2 amide bonds. The second kappa shape index (κ2) is 8.71. The third-order valence-electron chi connectivity index (χ3n) is 4.86. The van der Waals surface area contributed by atoms with Crippen LogP contribution in [0.3, 0.4) is 0 Å². The van der Waals surface area contributed by atoms with Gasteiger partial charge in [-0.15, -0.1) is 23.1 Å². The minimum atomic E-state index is -1.31. The van der Waals surface area contributed by atoms with Crippen molar-refractivity contribution < 1.29 is 33.9 Å². The molecule has 172 valence electrons. The fourth-order valence-corrected chi connectivity index (χ4v) is 5.24. The molecule has 0 radical (unpaired) electrons. The highest BCUT2D eigenvalue weighted by Crippen LogP contribution is 2.41. The summed E-state index contributed by atoms with van der Waals surface area (Å²) >= 11 is 2.37. The van der Waals surface area contributed by atoms with Crippen molar-refractivity contribution in [3.05, 3.63) is 45.8 Å². The lowest BCUT2D eigenvalue weighted by atomic mass is 10.0. The quantitative estimate of drug-likeness (QED) is 0.216. The SMILES string of the molecule is CON=C(C(=O)N[C@@H]1C(=O)N2C(C(=O)O)=C(C=C3C=C(C)C(=O)O3)CS[C@@H]12)c1csc(N)n1. The molecule has 1 aromatic rings. The zero-order valence-corrected chi connectivity index (χ0v) is 18.9. The number of amides is 2. The highest BCUT2D eigenvalue weighted by Gasteiger charge is 2.54. The predicted molar refractivity (Wildman–Crippen MR) is 118 cm³/mol. The zero-order chi connectivity index (χ0) is 23.9. The Hall–Kier alpha value is -3.65. The molecule has 4 N–H and O–H groups in total. The van der Waals surface area contributed by atoms with Crippen molar-refractivity contribution in [1.29, 1.82) is 0 Å². The topological polar surface area (TPSA) is 174 Å². The summed E-state index contributed by atoms with van der Waals surface area (Å²) in [6.07, 6.45) is 2.92. The highest BCUT2D eigenvalue weighted by atomic mass is 32.2. The van der Waals surface area contributed by atoms with Gasteiger partial charge < -0.3 is 25.7 Å². The maximum absolute atomic E-state index is 12.8. The summed E-state index contributed by atoms with van der Waals surface area (Å²) in [5.74, 6) is -2.72. The summed E-state index contributed by atoms with van der Waals surface area (Å²) in [4.78, 5) is 58.9. The van der Waals surface area contributed by atoms with E-state index in [1.807, 2.05) is 0 Å². The van der Waals surface area contributed by atoms with E-state index in [-0.39, 0.29) is 33.7 Å². The number of fused-ring (bicyclic) bond motifs is 1. The number of carboxylic acids is 1. The Kier molecular flexibility index (Phi) is 5.95. The fourth-order valence-electron chi connectivity index (χ4n) is 3.39. The number of oxime groups is 1. The number of thiazole rings is 1. The molecule has 1 saturated heterocycles. The van der Waals surface area contributed by atoms with Crippen LogP contribution in [-0.2, 0) is 28.8 Å². The van der Waals surface area contributed by atoms with Crippen molar-refractivity contribution in [3.63, 3.8) is 0 Å². The van der Waals surface area contributed by atoms with E-state index >= 15 is 0 Å². The number of nitrogens with one attached hydrogen (secondary N) is 1.